The van der Waals surface area contributed by atoms with Crippen molar-refractivity contribution in [2.24, 2.45) is 5.92 Å². The molecule has 0 aromatic rings. The molecule has 7 atom stereocenters. The summed E-state index contributed by atoms with van der Waals surface area (Å²) in [5.41, 5.74) is -0.881. The Labute approximate surface area is 185 Å². The number of imide groups is 1. The molecule has 2 N–H and O–H groups in total. The van der Waals surface area contributed by atoms with Gasteiger partial charge in [0.15, 0.2) is 0 Å². The smallest absolute Gasteiger partial charge is 0.414 e. The van der Waals surface area contributed by atoms with Gasteiger partial charge in [0.25, 0.3) is 0 Å². The van der Waals surface area contributed by atoms with Crippen molar-refractivity contribution in [1.82, 2.24) is 5.32 Å². The Morgan fingerprint density at radius 1 is 1.40 bits per heavy atom. The number of hydrogen-bond acceptors (Lipinski definition) is 7. The van der Waals surface area contributed by atoms with E-state index >= 15 is 0 Å². The lowest BCUT2D eigenvalue weighted by atomic mass is 9.66. The highest BCUT2D eigenvalue weighted by molar-refractivity contribution is 7.84. The lowest BCUT2D eigenvalue weighted by molar-refractivity contribution is -0.170. The van der Waals surface area contributed by atoms with Crippen LogP contribution in [0.4, 0.5) is 4.79 Å². The van der Waals surface area contributed by atoms with Gasteiger partial charge in [0.1, 0.15) is 23.7 Å². The van der Waals surface area contributed by atoms with Gasteiger partial charge in [0.2, 0.25) is 5.91 Å². The lowest BCUT2D eigenvalue weighted by Gasteiger charge is -2.48. The SMILES string of the molecule is COC1C(OC(=O)NC(=O)CCl)CCC(O)(CS(C)=O)C1C1(C)OC1CC=C(C)C. The number of carbonyl (C=O) groups is 2. The van der Waals surface area contributed by atoms with Crippen molar-refractivity contribution in [3.05, 3.63) is 11.6 Å². The number of allylic oxidation sites excluding steroid dienone is 1. The maximum Gasteiger partial charge on any atom is 0.414 e. The van der Waals surface area contributed by atoms with Crippen molar-refractivity contribution in [2.75, 3.05) is 25.0 Å². The summed E-state index contributed by atoms with van der Waals surface area (Å²) in [5, 5.41) is 13.6. The molecule has 1 aliphatic heterocycles. The molecule has 172 valence electrons. The summed E-state index contributed by atoms with van der Waals surface area (Å²) in [4.78, 5) is 23.4. The summed E-state index contributed by atoms with van der Waals surface area (Å²) in [6.07, 6.45) is 2.36. The molecule has 0 aromatic heterocycles. The number of methoxy groups -OCH3 is 1. The van der Waals surface area contributed by atoms with Crippen LogP contribution in [0.1, 0.15) is 40.0 Å². The van der Waals surface area contributed by atoms with E-state index in [1.165, 1.54) is 7.11 Å². The summed E-state index contributed by atoms with van der Waals surface area (Å²) in [6, 6.07) is 0. The van der Waals surface area contributed by atoms with Gasteiger partial charge in [-0.05, 0) is 40.0 Å². The van der Waals surface area contributed by atoms with Crippen molar-refractivity contribution in [3.63, 3.8) is 0 Å². The van der Waals surface area contributed by atoms with Gasteiger partial charge in [-0.15, -0.1) is 11.6 Å². The maximum absolute atomic E-state index is 12.1. The third kappa shape index (κ3) is 5.82. The summed E-state index contributed by atoms with van der Waals surface area (Å²) in [5.74, 6) is -1.55. The standard InChI is InChI=1S/C20H32ClNO7S/c1-12(2)6-7-14-19(3,29-14)17-16(27-4)13(28-18(24)22-15(23)10-21)8-9-20(17,25)11-30(5)26/h6,13-14,16-17,25H,7-11H2,1-5H3,(H,22,23,24). The van der Waals surface area contributed by atoms with E-state index in [-0.39, 0.29) is 24.2 Å². The number of hydrogen-bond donors (Lipinski definition) is 2. The first-order valence-corrected chi connectivity index (χ1v) is 12.2. The van der Waals surface area contributed by atoms with Crippen molar-refractivity contribution in [2.45, 2.75) is 69.5 Å². The molecule has 10 heteroatoms. The van der Waals surface area contributed by atoms with E-state index in [1.54, 1.807) is 6.26 Å². The number of amides is 2. The van der Waals surface area contributed by atoms with Crippen molar-refractivity contribution in [3.8, 4) is 0 Å². The highest BCUT2D eigenvalue weighted by Crippen LogP contribution is 2.54. The van der Waals surface area contributed by atoms with Crippen molar-refractivity contribution in [1.29, 1.82) is 0 Å². The average molecular weight is 466 g/mol. The molecule has 2 rings (SSSR count). The fourth-order valence-electron chi connectivity index (χ4n) is 4.50. The Bertz CT molecular complexity index is 713. The summed E-state index contributed by atoms with van der Waals surface area (Å²) in [6.45, 7) is 5.90. The number of alkyl halides is 1. The fourth-order valence-corrected chi connectivity index (χ4v) is 5.60. The first kappa shape index (κ1) is 25.3. The van der Waals surface area contributed by atoms with E-state index < -0.39 is 52.1 Å². The maximum atomic E-state index is 12.1. The Balaban J connectivity index is 2.28. The molecule has 1 heterocycles. The van der Waals surface area contributed by atoms with Gasteiger partial charge in [-0.25, -0.2) is 4.79 Å². The topological polar surface area (TPSA) is 114 Å². The fraction of sp³-hybridized carbons (Fsp3) is 0.800. The second-order valence-electron chi connectivity index (χ2n) is 8.47. The quantitative estimate of drug-likeness (QED) is 0.319. The molecule has 0 aromatic carbocycles. The molecule has 1 aliphatic carbocycles. The van der Waals surface area contributed by atoms with Crippen LogP contribution in [0.5, 0.6) is 0 Å². The first-order chi connectivity index (χ1) is 14.0. The van der Waals surface area contributed by atoms with Crippen LogP contribution in [0.15, 0.2) is 11.6 Å². The van der Waals surface area contributed by atoms with Gasteiger partial charge in [0, 0.05) is 30.1 Å². The zero-order valence-corrected chi connectivity index (χ0v) is 19.7. The van der Waals surface area contributed by atoms with E-state index in [1.807, 2.05) is 26.1 Å². The third-order valence-electron chi connectivity index (χ3n) is 5.82. The van der Waals surface area contributed by atoms with Gasteiger partial charge in [-0.3, -0.25) is 14.3 Å². The summed E-state index contributed by atoms with van der Waals surface area (Å²) >= 11 is 5.41. The van der Waals surface area contributed by atoms with Gasteiger partial charge >= 0.3 is 6.09 Å². The van der Waals surface area contributed by atoms with E-state index in [0.717, 1.165) is 5.57 Å². The number of rotatable bonds is 8. The Kier molecular flexibility index (Phi) is 8.49. The molecule has 2 aliphatic rings. The van der Waals surface area contributed by atoms with Crippen LogP contribution in [0.2, 0.25) is 0 Å². The van der Waals surface area contributed by atoms with E-state index in [9.17, 15) is 18.9 Å². The minimum Gasteiger partial charge on any atom is -0.443 e. The van der Waals surface area contributed by atoms with Gasteiger partial charge in [-0.2, -0.15) is 0 Å². The van der Waals surface area contributed by atoms with Crippen molar-refractivity contribution < 1.29 is 33.1 Å². The monoisotopic (exact) mass is 465 g/mol. The third-order valence-corrected chi connectivity index (χ3v) is 6.97. The number of nitrogens with one attached hydrogen (secondary N) is 1. The lowest BCUT2D eigenvalue weighted by Crippen LogP contribution is -2.62. The number of ether oxygens (including phenoxy) is 3. The van der Waals surface area contributed by atoms with Gasteiger partial charge < -0.3 is 19.3 Å². The highest BCUT2D eigenvalue weighted by atomic mass is 35.5. The second-order valence-corrected chi connectivity index (χ2v) is 10.2. The molecule has 2 amide bonds. The van der Waals surface area contributed by atoms with E-state index in [4.69, 9.17) is 25.8 Å². The Hall–Kier alpha value is -1.00. The van der Waals surface area contributed by atoms with Gasteiger partial charge in [-0.1, -0.05) is 11.6 Å². The molecule has 0 bridgehead atoms. The number of carbonyl (C=O) groups excluding carboxylic acids is 2. The number of aliphatic hydroxyl groups is 1. The van der Waals surface area contributed by atoms with E-state index in [2.05, 4.69) is 6.08 Å². The zero-order valence-electron chi connectivity index (χ0n) is 18.1. The largest absolute Gasteiger partial charge is 0.443 e. The average Bonchev–Trinajstić information content (AvgIpc) is 3.30. The first-order valence-electron chi connectivity index (χ1n) is 9.89. The molecule has 0 radical (unpaired) electrons. The number of alkyl carbamates (subject to hydrolysis) is 1. The molecular weight excluding hydrogens is 434 g/mol. The van der Waals surface area contributed by atoms with Crippen LogP contribution >= 0.6 is 11.6 Å². The summed E-state index contributed by atoms with van der Waals surface area (Å²) < 4.78 is 29.2. The molecular formula is C20H32ClNO7S. The predicted molar refractivity (Wildman–Crippen MR) is 114 cm³/mol. The van der Waals surface area contributed by atoms with Crippen LogP contribution < -0.4 is 5.32 Å². The molecule has 2 fully saturated rings. The highest BCUT2D eigenvalue weighted by Gasteiger charge is 2.67. The van der Waals surface area contributed by atoms with Crippen LogP contribution in [-0.2, 0) is 29.8 Å². The number of halogens is 1. The molecule has 8 nitrogen and oxygen atoms in total. The molecule has 30 heavy (non-hydrogen) atoms. The van der Waals surface area contributed by atoms with Crippen LogP contribution in [0, 0.1) is 5.92 Å². The second kappa shape index (κ2) is 10.1. The predicted octanol–water partition coefficient (Wildman–Crippen LogP) is 1.90. The molecule has 7 unspecified atom stereocenters. The molecule has 1 saturated heterocycles. The van der Waals surface area contributed by atoms with Crippen LogP contribution in [0.25, 0.3) is 0 Å². The Morgan fingerprint density at radius 2 is 2.07 bits per heavy atom. The Morgan fingerprint density at radius 3 is 2.60 bits per heavy atom. The van der Waals surface area contributed by atoms with E-state index in [0.29, 0.717) is 12.8 Å². The normalized spacial score (nSPS) is 36.5. The summed E-state index contributed by atoms with van der Waals surface area (Å²) in [7, 11) is 0.221. The minimum absolute atomic E-state index is 0.0650. The zero-order chi connectivity index (χ0) is 22.7. The number of epoxide rings is 1. The van der Waals surface area contributed by atoms with Crippen LogP contribution in [0.3, 0.4) is 0 Å². The van der Waals surface area contributed by atoms with Crippen molar-refractivity contribution >= 4 is 34.4 Å². The van der Waals surface area contributed by atoms with Gasteiger partial charge in [0.05, 0.1) is 17.5 Å². The molecule has 0 spiro atoms. The molecule has 1 saturated carbocycles. The minimum atomic E-state index is -1.31. The van der Waals surface area contributed by atoms with Crippen LogP contribution in [-0.4, -0.2) is 75.8 Å².